The van der Waals surface area contributed by atoms with E-state index in [0.717, 1.165) is 6.54 Å². The molecule has 0 N–H and O–H groups in total. The SMILES string of the molecule is CCCN(c1ccc(CCl)c(C)c1)C(C)C. The molecule has 0 bridgehead atoms. The van der Waals surface area contributed by atoms with Crippen LogP contribution in [0.4, 0.5) is 5.69 Å². The number of nitrogens with zero attached hydrogens (tertiary/aromatic N) is 1. The number of alkyl halides is 1. The standard InChI is InChI=1S/C14H22ClN/c1-5-8-16(11(2)3)14-7-6-13(10-15)12(4)9-14/h6-7,9,11H,5,8,10H2,1-4H3. The second kappa shape index (κ2) is 6.15. The lowest BCUT2D eigenvalue weighted by atomic mass is 10.1. The van der Waals surface area contributed by atoms with Crippen LogP contribution in [0.5, 0.6) is 0 Å². The number of halogens is 1. The zero-order chi connectivity index (χ0) is 12.1. The Kier molecular flexibility index (Phi) is 5.14. The van der Waals surface area contributed by atoms with Gasteiger partial charge in [-0.05, 0) is 50.5 Å². The van der Waals surface area contributed by atoms with Crippen molar-refractivity contribution in [3.8, 4) is 0 Å². The zero-order valence-electron chi connectivity index (χ0n) is 10.8. The third-order valence-corrected chi connectivity index (χ3v) is 3.18. The lowest BCUT2D eigenvalue weighted by molar-refractivity contribution is 0.671. The number of aryl methyl sites for hydroxylation is 1. The molecule has 1 nitrogen and oxygen atoms in total. The summed E-state index contributed by atoms with van der Waals surface area (Å²) in [5.74, 6) is 0.599. The van der Waals surface area contributed by atoms with Crippen molar-refractivity contribution in [2.45, 2.75) is 46.0 Å². The van der Waals surface area contributed by atoms with Gasteiger partial charge in [-0.1, -0.05) is 13.0 Å². The first-order valence-corrected chi connectivity index (χ1v) is 6.55. The maximum atomic E-state index is 5.87. The smallest absolute Gasteiger partial charge is 0.0476 e. The van der Waals surface area contributed by atoms with E-state index in [4.69, 9.17) is 11.6 Å². The monoisotopic (exact) mass is 239 g/mol. The molecule has 0 radical (unpaired) electrons. The maximum absolute atomic E-state index is 5.87. The van der Waals surface area contributed by atoms with Crippen molar-refractivity contribution in [3.63, 3.8) is 0 Å². The summed E-state index contributed by atoms with van der Waals surface area (Å²) in [4.78, 5) is 2.44. The molecule has 1 aromatic rings. The first-order valence-electron chi connectivity index (χ1n) is 6.02. The average Bonchev–Trinajstić information content (AvgIpc) is 2.25. The summed E-state index contributed by atoms with van der Waals surface area (Å²) in [6, 6.07) is 7.11. The molecule has 0 spiro atoms. The molecule has 90 valence electrons. The van der Waals surface area contributed by atoms with Gasteiger partial charge in [-0.15, -0.1) is 11.6 Å². The Labute approximate surface area is 104 Å². The van der Waals surface area contributed by atoms with Crippen molar-refractivity contribution in [2.24, 2.45) is 0 Å². The van der Waals surface area contributed by atoms with Crippen LogP contribution in [-0.2, 0) is 5.88 Å². The van der Waals surface area contributed by atoms with Gasteiger partial charge in [0.15, 0.2) is 0 Å². The second-order valence-electron chi connectivity index (χ2n) is 4.53. The highest BCUT2D eigenvalue weighted by Gasteiger charge is 2.10. The summed E-state index contributed by atoms with van der Waals surface area (Å²) in [5, 5.41) is 0. The highest BCUT2D eigenvalue weighted by molar-refractivity contribution is 6.17. The Bertz CT molecular complexity index is 334. The quantitative estimate of drug-likeness (QED) is 0.691. The minimum absolute atomic E-state index is 0.543. The van der Waals surface area contributed by atoms with Crippen LogP contribution in [0.25, 0.3) is 0 Å². The van der Waals surface area contributed by atoms with E-state index in [1.54, 1.807) is 0 Å². The Morgan fingerprint density at radius 3 is 2.44 bits per heavy atom. The summed E-state index contributed by atoms with van der Waals surface area (Å²) in [6.45, 7) is 9.93. The number of anilines is 1. The van der Waals surface area contributed by atoms with Gasteiger partial charge in [-0.3, -0.25) is 0 Å². The molecule has 0 aliphatic rings. The maximum Gasteiger partial charge on any atom is 0.0476 e. The van der Waals surface area contributed by atoms with Gasteiger partial charge < -0.3 is 4.90 Å². The van der Waals surface area contributed by atoms with Crippen LogP contribution in [0.2, 0.25) is 0 Å². The average molecular weight is 240 g/mol. The minimum Gasteiger partial charge on any atom is -0.369 e. The van der Waals surface area contributed by atoms with E-state index in [9.17, 15) is 0 Å². The fourth-order valence-corrected chi connectivity index (χ4v) is 2.23. The molecule has 1 aromatic carbocycles. The molecule has 16 heavy (non-hydrogen) atoms. The third kappa shape index (κ3) is 3.15. The molecule has 0 fully saturated rings. The molecule has 0 aliphatic carbocycles. The van der Waals surface area contributed by atoms with Crippen LogP contribution in [0.3, 0.4) is 0 Å². The number of rotatable bonds is 5. The van der Waals surface area contributed by atoms with Crippen LogP contribution in [-0.4, -0.2) is 12.6 Å². The van der Waals surface area contributed by atoms with E-state index in [2.05, 4.69) is 50.8 Å². The van der Waals surface area contributed by atoms with Crippen LogP contribution in [0.15, 0.2) is 18.2 Å². The predicted octanol–water partition coefficient (Wildman–Crippen LogP) is 4.36. The van der Waals surface area contributed by atoms with Gasteiger partial charge in [0.1, 0.15) is 0 Å². The number of benzene rings is 1. The summed E-state index contributed by atoms with van der Waals surface area (Å²) in [7, 11) is 0. The topological polar surface area (TPSA) is 3.24 Å². The largest absolute Gasteiger partial charge is 0.369 e. The lowest BCUT2D eigenvalue weighted by Gasteiger charge is -2.29. The lowest BCUT2D eigenvalue weighted by Crippen LogP contribution is -2.31. The van der Waals surface area contributed by atoms with Gasteiger partial charge in [-0.25, -0.2) is 0 Å². The molecule has 0 unspecified atom stereocenters. The van der Waals surface area contributed by atoms with Gasteiger partial charge in [0.05, 0.1) is 0 Å². The fourth-order valence-electron chi connectivity index (χ4n) is 1.93. The van der Waals surface area contributed by atoms with Crippen molar-refractivity contribution in [1.82, 2.24) is 0 Å². The summed E-state index contributed by atoms with van der Waals surface area (Å²) in [5.41, 5.74) is 3.82. The first-order chi connectivity index (χ1) is 7.60. The zero-order valence-corrected chi connectivity index (χ0v) is 11.5. The van der Waals surface area contributed by atoms with Gasteiger partial charge in [0, 0.05) is 24.2 Å². The third-order valence-electron chi connectivity index (χ3n) is 2.89. The van der Waals surface area contributed by atoms with Crippen LogP contribution >= 0.6 is 11.6 Å². The van der Waals surface area contributed by atoms with E-state index in [0.29, 0.717) is 11.9 Å². The van der Waals surface area contributed by atoms with Gasteiger partial charge in [0.2, 0.25) is 0 Å². The van der Waals surface area contributed by atoms with Crippen LogP contribution in [0, 0.1) is 6.92 Å². The molecular weight excluding hydrogens is 218 g/mol. The number of hydrogen-bond donors (Lipinski definition) is 0. The second-order valence-corrected chi connectivity index (χ2v) is 4.80. The molecule has 0 saturated carbocycles. The Morgan fingerprint density at radius 1 is 1.31 bits per heavy atom. The van der Waals surface area contributed by atoms with Crippen molar-refractivity contribution in [1.29, 1.82) is 0 Å². The summed E-state index contributed by atoms with van der Waals surface area (Å²) >= 11 is 5.87. The molecule has 2 heteroatoms. The number of hydrogen-bond acceptors (Lipinski definition) is 1. The first kappa shape index (κ1) is 13.4. The van der Waals surface area contributed by atoms with E-state index in [1.807, 2.05) is 0 Å². The van der Waals surface area contributed by atoms with Crippen molar-refractivity contribution in [3.05, 3.63) is 29.3 Å². The molecule has 0 amide bonds. The molecule has 0 aromatic heterocycles. The molecular formula is C14H22ClN. The van der Waals surface area contributed by atoms with E-state index in [-0.39, 0.29) is 0 Å². The summed E-state index contributed by atoms with van der Waals surface area (Å²) < 4.78 is 0. The molecule has 0 atom stereocenters. The Hall–Kier alpha value is -0.690. The predicted molar refractivity (Wildman–Crippen MR) is 73.5 cm³/mol. The molecule has 0 heterocycles. The highest BCUT2D eigenvalue weighted by Crippen LogP contribution is 2.22. The van der Waals surface area contributed by atoms with E-state index >= 15 is 0 Å². The highest BCUT2D eigenvalue weighted by atomic mass is 35.5. The van der Waals surface area contributed by atoms with E-state index < -0.39 is 0 Å². The van der Waals surface area contributed by atoms with Crippen molar-refractivity contribution < 1.29 is 0 Å². The minimum atomic E-state index is 0.543. The van der Waals surface area contributed by atoms with Crippen LogP contribution < -0.4 is 4.90 Å². The Balaban J connectivity index is 2.97. The summed E-state index contributed by atoms with van der Waals surface area (Å²) in [6.07, 6.45) is 1.18. The van der Waals surface area contributed by atoms with Gasteiger partial charge in [0.25, 0.3) is 0 Å². The normalized spacial score (nSPS) is 10.9. The van der Waals surface area contributed by atoms with Crippen LogP contribution in [0.1, 0.15) is 38.3 Å². The van der Waals surface area contributed by atoms with Gasteiger partial charge >= 0.3 is 0 Å². The molecule has 1 rings (SSSR count). The van der Waals surface area contributed by atoms with E-state index in [1.165, 1.54) is 23.2 Å². The fraction of sp³-hybridized carbons (Fsp3) is 0.571. The molecule has 0 aliphatic heterocycles. The van der Waals surface area contributed by atoms with Gasteiger partial charge in [-0.2, -0.15) is 0 Å². The molecule has 0 saturated heterocycles. The Morgan fingerprint density at radius 2 is 2.00 bits per heavy atom. The van der Waals surface area contributed by atoms with Crippen molar-refractivity contribution in [2.75, 3.05) is 11.4 Å². The van der Waals surface area contributed by atoms with Crippen molar-refractivity contribution >= 4 is 17.3 Å².